The van der Waals surface area contributed by atoms with Crippen molar-refractivity contribution in [1.82, 2.24) is 9.80 Å². The zero-order chi connectivity index (χ0) is 20.2. The minimum Gasteiger partial charge on any atom is -0.315 e. The van der Waals surface area contributed by atoms with Gasteiger partial charge < -0.3 is 5.32 Å². The van der Waals surface area contributed by atoms with E-state index in [0.717, 1.165) is 73.1 Å². The number of benzene rings is 1. The number of hydrogen-bond acceptors (Lipinski definition) is 5. The summed E-state index contributed by atoms with van der Waals surface area (Å²) in [6.45, 7) is 4.73. The lowest BCUT2D eigenvalue weighted by molar-refractivity contribution is -0.117. The predicted octanol–water partition coefficient (Wildman–Crippen LogP) is 3.91. The second-order valence-corrected chi connectivity index (χ2v) is 9.23. The fourth-order valence-corrected chi connectivity index (χ4v) is 5.57. The van der Waals surface area contributed by atoms with Gasteiger partial charge in [-0.2, -0.15) is 5.26 Å². The zero-order valence-corrected chi connectivity index (χ0v) is 18.0. The normalized spacial score (nSPS) is 17.5. The summed E-state index contributed by atoms with van der Waals surface area (Å²) in [4.78, 5) is 18.4. The minimum atomic E-state index is -0.0281. The van der Waals surface area contributed by atoms with Crippen LogP contribution in [-0.4, -0.2) is 48.4 Å². The first kappa shape index (κ1) is 20.4. The molecule has 0 bridgehead atoms. The number of hydrogen-bond donors (Lipinski definition) is 1. The Bertz CT molecular complexity index is 927. The van der Waals surface area contributed by atoms with Gasteiger partial charge in [0.2, 0.25) is 5.91 Å². The van der Waals surface area contributed by atoms with Crippen molar-refractivity contribution >= 4 is 33.8 Å². The van der Waals surface area contributed by atoms with Crippen molar-refractivity contribution in [3.63, 3.8) is 0 Å². The Labute approximate surface area is 180 Å². The lowest BCUT2D eigenvalue weighted by Gasteiger charge is -2.34. The van der Waals surface area contributed by atoms with Gasteiger partial charge in [0.15, 0.2) is 0 Å². The van der Waals surface area contributed by atoms with Crippen LogP contribution in [0.3, 0.4) is 0 Å². The third-order valence-electron chi connectivity index (χ3n) is 5.72. The summed E-state index contributed by atoms with van der Waals surface area (Å²) in [6, 6.07) is 10.3. The second kappa shape index (κ2) is 9.27. The molecule has 2 aliphatic rings. The maximum atomic E-state index is 12.6. The van der Waals surface area contributed by atoms with Gasteiger partial charge in [-0.15, -0.1) is 11.3 Å². The van der Waals surface area contributed by atoms with Gasteiger partial charge in [0.25, 0.3) is 0 Å². The molecule has 1 aliphatic carbocycles. The molecular formula is C22H25ClN4OS. The lowest BCUT2D eigenvalue weighted by Crippen LogP contribution is -2.48. The molecule has 152 valence electrons. The molecule has 1 aromatic heterocycles. The van der Waals surface area contributed by atoms with Crippen molar-refractivity contribution in [2.45, 2.75) is 32.2 Å². The first-order valence-corrected chi connectivity index (χ1v) is 11.4. The summed E-state index contributed by atoms with van der Waals surface area (Å²) in [5.74, 6) is -0.0281. The molecule has 0 spiro atoms. The van der Waals surface area contributed by atoms with Crippen molar-refractivity contribution in [2.24, 2.45) is 0 Å². The van der Waals surface area contributed by atoms with Gasteiger partial charge in [0.1, 0.15) is 11.1 Å². The van der Waals surface area contributed by atoms with Crippen molar-refractivity contribution < 1.29 is 4.79 Å². The Morgan fingerprint density at radius 2 is 1.86 bits per heavy atom. The Balaban J connectivity index is 1.29. The van der Waals surface area contributed by atoms with Gasteiger partial charge >= 0.3 is 0 Å². The molecule has 1 fully saturated rings. The molecule has 1 amide bonds. The van der Waals surface area contributed by atoms with Crippen LogP contribution in [0.4, 0.5) is 5.00 Å². The predicted molar refractivity (Wildman–Crippen MR) is 117 cm³/mol. The van der Waals surface area contributed by atoms with Gasteiger partial charge in [0, 0.05) is 42.6 Å². The van der Waals surface area contributed by atoms with Gasteiger partial charge in [0.05, 0.1) is 12.1 Å². The average molecular weight is 429 g/mol. The number of nitriles is 1. The lowest BCUT2D eigenvalue weighted by atomic mass is 9.96. The maximum absolute atomic E-state index is 12.6. The zero-order valence-electron chi connectivity index (χ0n) is 16.4. The highest BCUT2D eigenvalue weighted by Gasteiger charge is 2.23. The summed E-state index contributed by atoms with van der Waals surface area (Å²) < 4.78 is 0. The molecule has 2 heterocycles. The molecule has 0 unspecified atom stereocenters. The monoisotopic (exact) mass is 428 g/mol. The van der Waals surface area contributed by atoms with Crippen molar-refractivity contribution in [3.8, 4) is 6.07 Å². The number of piperazine rings is 1. The third kappa shape index (κ3) is 4.81. The number of halogens is 1. The largest absolute Gasteiger partial charge is 0.315 e. The minimum absolute atomic E-state index is 0.0281. The van der Waals surface area contributed by atoms with Crippen LogP contribution in [0.25, 0.3) is 0 Å². The summed E-state index contributed by atoms with van der Waals surface area (Å²) in [5.41, 5.74) is 2.99. The number of carbonyl (C=O) groups excluding carboxylic acids is 1. The van der Waals surface area contributed by atoms with Crippen LogP contribution in [0.1, 0.15) is 34.4 Å². The van der Waals surface area contributed by atoms with E-state index in [2.05, 4.69) is 27.3 Å². The highest BCUT2D eigenvalue weighted by atomic mass is 35.5. The van der Waals surface area contributed by atoms with E-state index >= 15 is 0 Å². The molecule has 1 N–H and O–H groups in total. The fourth-order valence-electron chi connectivity index (χ4n) is 4.11. The number of fused-ring (bicyclic) bond motifs is 1. The van der Waals surface area contributed by atoms with Crippen LogP contribution in [0.15, 0.2) is 24.3 Å². The molecule has 0 radical (unpaired) electrons. The van der Waals surface area contributed by atoms with E-state index in [1.54, 1.807) is 11.3 Å². The third-order valence-corrected chi connectivity index (χ3v) is 7.30. The molecule has 1 aromatic carbocycles. The molecule has 0 atom stereocenters. The van der Waals surface area contributed by atoms with Crippen molar-refractivity contribution in [1.29, 1.82) is 5.26 Å². The molecule has 1 aliphatic heterocycles. The number of carbonyl (C=O) groups is 1. The summed E-state index contributed by atoms with van der Waals surface area (Å²) in [6.07, 6.45) is 4.28. The Morgan fingerprint density at radius 1 is 1.14 bits per heavy atom. The van der Waals surface area contributed by atoms with Crippen LogP contribution < -0.4 is 5.32 Å². The maximum Gasteiger partial charge on any atom is 0.239 e. The number of amides is 1. The van der Waals surface area contributed by atoms with Crippen molar-refractivity contribution in [3.05, 3.63) is 50.9 Å². The van der Waals surface area contributed by atoms with E-state index in [1.807, 2.05) is 18.2 Å². The Hall–Kier alpha value is -1.91. The molecule has 5 nitrogen and oxygen atoms in total. The fraction of sp³-hybridized carbons (Fsp3) is 0.455. The van der Waals surface area contributed by atoms with E-state index in [9.17, 15) is 10.1 Å². The van der Waals surface area contributed by atoms with E-state index in [-0.39, 0.29) is 5.91 Å². The number of nitrogens with zero attached hydrogens (tertiary/aromatic N) is 3. The molecule has 1 saturated heterocycles. The molecule has 29 heavy (non-hydrogen) atoms. The molecule has 0 saturated carbocycles. The number of thiophene rings is 1. The molecule has 4 rings (SSSR count). The Morgan fingerprint density at radius 3 is 2.62 bits per heavy atom. The van der Waals surface area contributed by atoms with Crippen LogP contribution in [0.2, 0.25) is 5.02 Å². The Kier molecular flexibility index (Phi) is 6.51. The summed E-state index contributed by atoms with van der Waals surface area (Å²) >= 11 is 7.85. The number of rotatable bonds is 5. The molecule has 7 heteroatoms. The summed E-state index contributed by atoms with van der Waals surface area (Å²) in [7, 11) is 0. The second-order valence-electron chi connectivity index (χ2n) is 7.72. The van der Waals surface area contributed by atoms with Gasteiger partial charge in [-0.05, 0) is 42.9 Å². The average Bonchev–Trinajstić information content (AvgIpc) is 3.08. The number of anilines is 1. The van der Waals surface area contributed by atoms with Crippen LogP contribution in [0, 0.1) is 11.3 Å². The van der Waals surface area contributed by atoms with Crippen molar-refractivity contribution in [2.75, 3.05) is 38.0 Å². The van der Waals surface area contributed by atoms with E-state index in [1.165, 1.54) is 11.3 Å². The topological polar surface area (TPSA) is 59.4 Å². The van der Waals surface area contributed by atoms with Gasteiger partial charge in [-0.1, -0.05) is 29.8 Å². The SMILES string of the molecule is N#Cc1c(NC(=O)CN2CCN(Cc3ccccc3Cl)CC2)sc2c1CCCC2. The quantitative estimate of drug-likeness (QED) is 0.784. The highest BCUT2D eigenvalue weighted by molar-refractivity contribution is 7.16. The van der Waals surface area contributed by atoms with Crippen LogP contribution in [-0.2, 0) is 24.2 Å². The van der Waals surface area contributed by atoms with E-state index in [0.29, 0.717) is 12.1 Å². The first-order valence-electron chi connectivity index (χ1n) is 10.2. The first-order chi connectivity index (χ1) is 14.1. The highest BCUT2D eigenvalue weighted by Crippen LogP contribution is 2.37. The van der Waals surface area contributed by atoms with Gasteiger partial charge in [-0.3, -0.25) is 14.6 Å². The summed E-state index contributed by atoms with van der Waals surface area (Å²) in [5, 5.41) is 14.1. The van der Waals surface area contributed by atoms with Crippen LogP contribution >= 0.6 is 22.9 Å². The van der Waals surface area contributed by atoms with E-state index in [4.69, 9.17) is 11.6 Å². The van der Waals surface area contributed by atoms with Crippen LogP contribution in [0.5, 0.6) is 0 Å². The van der Waals surface area contributed by atoms with Gasteiger partial charge in [-0.25, -0.2) is 0 Å². The standard InChI is InChI=1S/C22H25ClN4OS/c23-19-7-3-1-5-16(19)14-26-9-11-27(12-10-26)15-21(28)25-22-18(13-24)17-6-2-4-8-20(17)29-22/h1,3,5,7H,2,4,6,8-12,14-15H2,(H,25,28). The number of nitrogens with one attached hydrogen (secondary N) is 1. The smallest absolute Gasteiger partial charge is 0.239 e. The number of aryl methyl sites for hydroxylation is 1. The molecule has 2 aromatic rings. The molecular weight excluding hydrogens is 404 g/mol. The van der Waals surface area contributed by atoms with E-state index < -0.39 is 0 Å².